The van der Waals surface area contributed by atoms with Gasteiger partial charge in [-0.15, -0.1) is 0 Å². The van der Waals surface area contributed by atoms with Gasteiger partial charge in [0.2, 0.25) is 5.91 Å². The minimum Gasteiger partial charge on any atom is -0.353 e. The van der Waals surface area contributed by atoms with Crippen molar-refractivity contribution < 1.29 is 4.79 Å². The van der Waals surface area contributed by atoms with Crippen molar-refractivity contribution in [3.8, 4) is 0 Å². The summed E-state index contributed by atoms with van der Waals surface area (Å²) in [5.74, 6) is 0.446. The first-order valence-electron chi connectivity index (χ1n) is 6.67. The topological polar surface area (TPSA) is 55.1 Å². The Hall–Kier alpha value is -1.35. The summed E-state index contributed by atoms with van der Waals surface area (Å²) in [5, 5.41) is 3.00. The second kappa shape index (κ2) is 7.88. The highest BCUT2D eigenvalue weighted by molar-refractivity contribution is 5.76. The fourth-order valence-corrected chi connectivity index (χ4v) is 1.77. The molecule has 1 amide bonds. The minimum atomic E-state index is 0.124. The Balaban J connectivity index is 2.21. The van der Waals surface area contributed by atoms with Gasteiger partial charge in [-0.25, -0.2) is 0 Å². The van der Waals surface area contributed by atoms with E-state index in [1.807, 2.05) is 25.1 Å². The molecule has 0 aliphatic heterocycles. The number of benzene rings is 1. The predicted molar refractivity (Wildman–Crippen MR) is 75.2 cm³/mol. The van der Waals surface area contributed by atoms with Gasteiger partial charge >= 0.3 is 0 Å². The lowest BCUT2D eigenvalue weighted by molar-refractivity contribution is -0.122. The van der Waals surface area contributed by atoms with Crippen molar-refractivity contribution in [3.05, 3.63) is 35.9 Å². The smallest absolute Gasteiger partial charge is 0.220 e. The van der Waals surface area contributed by atoms with Gasteiger partial charge in [-0.05, 0) is 37.8 Å². The zero-order valence-corrected chi connectivity index (χ0v) is 11.4. The molecule has 0 aliphatic rings. The third-order valence-corrected chi connectivity index (χ3v) is 3.33. The Morgan fingerprint density at radius 3 is 2.56 bits per heavy atom. The monoisotopic (exact) mass is 248 g/mol. The molecule has 0 saturated carbocycles. The summed E-state index contributed by atoms with van der Waals surface area (Å²) in [6.07, 6.45) is 2.42. The van der Waals surface area contributed by atoms with Gasteiger partial charge in [0.05, 0.1) is 0 Å². The molecule has 0 aromatic heterocycles. The summed E-state index contributed by atoms with van der Waals surface area (Å²) in [6.45, 7) is 4.66. The van der Waals surface area contributed by atoms with E-state index < -0.39 is 0 Å². The SMILES string of the molecule is CC(CN)C(C)NC(=O)CCCc1ccccc1. The molecular weight excluding hydrogens is 224 g/mol. The lowest BCUT2D eigenvalue weighted by atomic mass is 10.0. The van der Waals surface area contributed by atoms with Crippen LogP contribution in [0, 0.1) is 5.92 Å². The summed E-state index contributed by atoms with van der Waals surface area (Å²) >= 11 is 0. The van der Waals surface area contributed by atoms with Crippen molar-refractivity contribution in [2.75, 3.05) is 6.54 Å². The second-order valence-corrected chi connectivity index (χ2v) is 4.91. The molecule has 18 heavy (non-hydrogen) atoms. The van der Waals surface area contributed by atoms with Gasteiger partial charge in [-0.1, -0.05) is 37.3 Å². The van der Waals surface area contributed by atoms with Crippen molar-refractivity contribution in [1.29, 1.82) is 0 Å². The first kappa shape index (κ1) is 14.7. The fraction of sp³-hybridized carbons (Fsp3) is 0.533. The highest BCUT2D eigenvalue weighted by atomic mass is 16.1. The van der Waals surface area contributed by atoms with Gasteiger partial charge in [-0.3, -0.25) is 4.79 Å². The van der Waals surface area contributed by atoms with Crippen LogP contribution in [0.2, 0.25) is 0 Å². The largest absolute Gasteiger partial charge is 0.353 e. The molecule has 1 rings (SSSR count). The molecule has 1 aromatic rings. The van der Waals surface area contributed by atoms with Crippen molar-refractivity contribution in [2.24, 2.45) is 11.7 Å². The predicted octanol–water partition coefficient (Wildman–Crippen LogP) is 2.11. The average Bonchev–Trinajstić information content (AvgIpc) is 2.38. The summed E-state index contributed by atoms with van der Waals surface area (Å²) in [7, 11) is 0. The third-order valence-electron chi connectivity index (χ3n) is 3.33. The number of rotatable bonds is 7. The van der Waals surface area contributed by atoms with Crippen LogP contribution in [0.4, 0.5) is 0 Å². The van der Waals surface area contributed by atoms with E-state index in [2.05, 4.69) is 24.4 Å². The van der Waals surface area contributed by atoms with Gasteiger partial charge in [0, 0.05) is 12.5 Å². The van der Waals surface area contributed by atoms with Crippen molar-refractivity contribution >= 4 is 5.91 Å². The zero-order valence-electron chi connectivity index (χ0n) is 11.4. The van der Waals surface area contributed by atoms with Crippen LogP contribution in [0.25, 0.3) is 0 Å². The molecule has 0 aliphatic carbocycles. The Morgan fingerprint density at radius 1 is 1.28 bits per heavy atom. The van der Waals surface area contributed by atoms with Crippen LogP contribution >= 0.6 is 0 Å². The first-order chi connectivity index (χ1) is 8.63. The fourth-order valence-electron chi connectivity index (χ4n) is 1.77. The Morgan fingerprint density at radius 2 is 1.94 bits per heavy atom. The van der Waals surface area contributed by atoms with Crippen molar-refractivity contribution in [3.63, 3.8) is 0 Å². The molecule has 0 spiro atoms. The molecular formula is C15H24N2O. The number of carbonyl (C=O) groups excluding carboxylic acids is 1. The Kier molecular flexibility index (Phi) is 6.44. The second-order valence-electron chi connectivity index (χ2n) is 4.91. The van der Waals surface area contributed by atoms with E-state index in [9.17, 15) is 4.79 Å². The van der Waals surface area contributed by atoms with Crippen molar-refractivity contribution in [2.45, 2.75) is 39.2 Å². The zero-order chi connectivity index (χ0) is 13.4. The standard InChI is InChI=1S/C15H24N2O/c1-12(11-16)13(2)17-15(18)10-6-9-14-7-4-3-5-8-14/h3-5,7-8,12-13H,6,9-11,16H2,1-2H3,(H,17,18). The Bertz CT molecular complexity index is 351. The van der Waals surface area contributed by atoms with Crippen LogP contribution in [-0.4, -0.2) is 18.5 Å². The van der Waals surface area contributed by atoms with Gasteiger partial charge < -0.3 is 11.1 Å². The molecule has 0 fully saturated rings. The van der Waals surface area contributed by atoms with Gasteiger partial charge in [-0.2, -0.15) is 0 Å². The Labute approximate surface area is 110 Å². The maximum Gasteiger partial charge on any atom is 0.220 e. The molecule has 3 N–H and O–H groups in total. The molecule has 2 atom stereocenters. The van der Waals surface area contributed by atoms with Crippen LogP contribution in [0.5, 0.6) is 0 Å². The normalized spacial score (nSPS) is 13.9. The molecule has 3 heteroatoms. The molecule has 0 bridgehead atoms. The van der Waals surface area contributed by atoms with Crippen LogP contribution in [0.1, 0.15) is 32.3 Å². The maximum atomic E-state index is 11.7. The van der Waals surface area contributed by atoms with Gasteiger partial charge in [0.15, 0.2) is 0 Å². The number of nitrogens with two attached hydrogens (primary N) is 1. The minimum absolute atomic E-state index is 0.124. The molecule has 0 radical (unpaired) electrons. The third kappa shape index (κ3) is 5.32. The van der Waals surface area contributed by atoms with Crippen LogP contribution in [0.15, 0.2) is 30.3 Å². The van der Waals surface area contributed by atoms with E-state index in [4.69, 9.17) is 5.73 Å². The highest BCUT2D eigenvalue weighted by Gasteiger charge is 2.12. The number of carbonyl (C=O) groups is 1. The first-order valence-corrected chi connectivity index (χ1v) is 6.67. The van der Waals surface area contributed by atoms with Gasteiger partial charge in [0.25, 0.3) is 0 Å². The van der Waals surface area contributed by atoms with Crippen LogP contribution < -0.4 is 11.1 Å². The summed E-state index contributed by atoms with van der Waals surface area (Å²) in [5.41, 5.74) is 6.86. The number of hydrogen-bond donors (Lipinski definition) is 2. The molecule has 0 saturated heterocycles. The molecule has 0 heterocycles. The number of hydrogen-bond acceptors (Lipinski definition) is 2. The van der Waals surface area contributed by atoms with Crippen molar-refractivity contribution in [1.82, 2.24) is 5.32 Å². The summed E-state index contributed by atoms with van der Waals surface area (Å²) in [6, 6.07) is 10.4. The average molecular weight is 248 g/mol. The van der Waals surface area contributed by atoms with E-state index in [0.717, 1.165) is 12.8 Å². The molecule has 100 valence electrons. The molecule has 1 aromatic carbocycles. The summed E-state index contributed by atoms with van der Waals surface area (Å²) in [4.78, 5) is 11.7. The summed E-state index contributed by atoms with van der Waals surface area (Å²) < 4.78 is 0. The van der Waals surface area contributed by atoms with Crippen LogP contribution in [0.3, 0.4) is 0 Å². The van der Waals surface area contributed by atoms with E-state index >= 15 is 0 Å². The van der Waals surface area contributed by atoms with E-state index in [0.29, 0.717) is 18.9 Å². The van der Waals surface area contributed by atoms with Gasteiger partial charge in [0.1, 0.15) is 0 Å². The number of aryl methyl sites for hydroxylation is 1. The number of nitrogens with one attached hydrogen (secondary N) is 1. The van der Waals surface area contributed by atoms with E-state index in [-0.39, 0.29) is 11.9 Å². The highest BCUT2D eigenvalue weighted by Crippen LogP contribution is 2.05. The maximum absolute atomic E-state index is 11.7. The lowest BCUT2D eigenvalue weighted by Crippen LogP contribution is -2.39. The molecule has 2 unspecified atom stereocenters. The van der Waals surface area contributed by atoms with E-state index in [1.54, 1.807) is 0 Å². The quantitative estimate of drug-likeness (QED) is 0.776. The van der Waals surface area contributed by atoms with E-state index in [1.165, 1.54) is 5.56 Å². The number of amides is 1. The molecule has 3 nitrogen and oxygen atoms in total. The lowest BCUT2D eigenvalue weighted by Gasteiger charge is -2.19. The van der Waals surface area contributed by atoms with Crippen LogP contribution in [-0.2, 0) is 11.2 Å².